The highest BCUT2D eigenvalue weighted by atomic mass is 19.4. The van der Waals surface area contributed by atoms with Gasteiger partial charge in [0.2, 0.25) is 0 Å². The molecule has 0 fully saturated rings. The fourth-order valence-corrected chi connectivity index (χ4v) is 3.69. The zero-order valence-electron chi connectivity index (χ0n) is 19.0. The van der Waals surface area contributed by atoms with E-state index in [0.29, 0.717) is 33.6 Å². The predicted molar refractivity (Wildman–Crippen MR) is 124 cm³/mol. The predicted octanol–water partition coefficient (Wildman–Crippen LogP) is 5.37. The highest BCUT2D eigenvalue weighted by Gasteiger charge is 2.26. The van der Waals surface area contributed by atoms with Crippen molar-refractivity contribution >= 4 is 5.97 Å². The first kappa shape index (κ1) is 26.2. The van der Waals surface area contributed by atoms with Crippen molar-refractivity contribution < 1.29 is 32.2 Å². The number of carbonyl (C=O) groups is 1. The van der Waals surface area contributed by atoms with E-state index < -0.39 is 30.5 Å². The summed E-state index contributed by atoms with van der Waals surface area (Å²) in [7, 11) is 0. The largest absolute Gasteiger partial charge is 0.489 e. The molecule has 1 atom stereocenters. The van der Waals surface area contributed by atoms with E-state index in [4.69, 9.17) is 15.6 Å². The van der Waals surface area contributed by atoms with Crippen LogP contribution in [0.4, 0.5) is 17.6 Å². The van der Waals surface area contributed by atoms with E-state index in [0.717, 1.165) is 0 Å². The average Bonchev–Trinajstić information content (AvgIpc) is 2.77. The van der Waals surface area contributed by atoms with Crippen LogP contribution in [0.5, 0.6) is 5.75 Å². The summed E-state index contributed by atoms with van der Waals surface area (Å²) >= 11 is 0. The van der Waals surface area contributed by atoms with Crippen LogP contribution in [0.15, 0.2) is 60.7 Å². The zero-order valence-corrected chi connectivity index (χ0v) is 19.0. The molecule has 4 N–H and O–H groups in total. The molecule has 0 aliphatic rings. The number of rotatable bonds is 10. The van der Waals surface area contributed by atoms with Gasteiger partial charge in [0.1, 0.15) is 18.2 Å². The third kappa shape index (κ3) is 7.53. The van der Waals surface area contributed by atoms with E-state index in [9.17, 15) is 18.0 Å². The van der Waals surface area contributed by atoms with Gasteiger partial charge in [0.15, 0.2) is 0 Å². The normalized spacial score (nSPS) is 12.4. The quantitative estimate of drug-likeness (QED) is 0.333. The number of carboxylic acids is 1. The lowest BCUT2D eigenvalue weighted by atomic mass is 9.96. The monoisotopic (exact) mass is 490 g/mol. The maximum atomic E-state index is 15.2. The number of alkyl halides is 3. The van der Waals surface area contributed by atoms with Gasteiger partial charge in [-0.1, -0.05) is 42.5 Å². The number of benzene rings is 3. The van der Waals surface area contributed by atoms with Crippen molar-refractivity contribution in [3.8, 4) is 16.9 Å². The molecule has 0 aliphatic heterocycles. The summed E-state index contributed by atoms with van der Waals surface area (Å²) in [4.78, 5) is 11.1. The summed E-state index contributed by atoms with van der Waals surface area (Å²) in [6, 6.07) is 16.0. The maximum absolute atomic E-state index is 15.2. The summed E-state index contributed by atoms with van der Waals surface area (Å²) in [6.45, 7) is 0.406. The van der Waals surface area contributed by atoms with E-state index in [1.54, 1.807) is 67.6 Å². The summed E-state index contributed by atoms with van der Waals surface area (Å²) in [5, 5.41) is 11.5. The number of aliphatic carboxylic acids is 1. The van der Waals surface area contributed by atoms with E-state index >= 15 is 4.39 Å². The molecule has 0 aliphatic carbocycles. The first-order chi connectivity index (χ1) is 16.5. The number of hydrogen-bond acceptors (Lipinski definition) is 4. The number of hydrogen-bond donors (Lipinski definition) is 3. The lowest BCUT2D eigenvalue weighted by molar-refractivity contribution is -0.136. The Labute approximate surface area is 200 Å². The van der Waals surface area contributed by atoms with Crippen LogP contribution in [0.2, 0.25) is 0 Å². The van der Waals surface area contributed by atoms with E-state index in [-0.39, 0.29) is 25.1 Å². The molecule has 3 aromatic carbocycles. The van der Waals surface area contributed by atoms with Crippen molar-refractivity contribution in [2.75, 3.05) is 6.54 Å². The van der Waals surface area contributed by atoms with Crippen LogP contribution in [0.3, 0.4) is 0 Å². The van der Waals surface area contributed by atoms with Gasteiger partial charge in [0.05, 0.1) is 13.0 Å². The van der Waals surface area contributed by atoms with Gasteiger partial charge in [-0.05, 0) is 41.8 Å². The molecule has 0 saturated heterocycles. The fraction of sp³-hybridized carbons (Fsp3) is 0.269. The molecule has 9 heteroatoms. The minimum Gasteiger partial charge on any atom is -0.489 e. The number of carboxylic acid groups (broad SMARTS) is 1. The van der Waals surface area contributed by atoms with Crippen LogP contribution < -0.4 is 15.8 Å². The summed E-state index contributed by atoms with van der Waals surface area (Å²) in [5.74, 6) is -1.13. The van der Waals surface area contributed by atoms with Crippen LogP contribution in [-0.2, 0) is 24.4 Å². The molecule has 0 spiro atoms. The Morgan fingerprint density at radius 3 is 2.49 bits per heavy atom. The Bertz CT molecular complexity index is 1180. The number of para-hydroxylation sites is 1. The van der Waals surface area contributed by atoms with Crippen molar-refractivity contribution in [3.05, 3.63) is 88.7 Å². The van der Waals surface area contributed by atoms with Crippen LogP contribution >= 0.6 is 0 Å². The number of nitrogens with one attached hydrogen (secondary N) is 1. The molecule has 5 nitrogen and oxygen atoms in total. The summed E-state index contributed by atoms with van der Waals surface area (Å²) in [5.41, 5.74) is 8.51. The molecule has 0 aromatic heterocycles. The lowest BCUT2D eigenvalue weighted by Gasteiger charge is -2.16. The van der Waals surface area contributed by atoms with Crippen molar-refractivity contribution in [2.24, 2.45) is 5.73 Å². The van der Waals surface area contributed by atoms with E-state index in [1.807, 2.05) is 0 Å². The van der Waals surface area contributed by atoms with Crippen LogP contribution in [0, 0.1) is 5.82 Å². The minimum atomic E-state index is -4.37. The second-order valence-corrected chi connectivity index (χ2v) is 8.22. The first-order valence-corrected chi connectivity index (χ1v) is 10.9. The lowest BCUT2D eigenvalue weighted by Crippen LogP contribution is -2.28. The van der Waals surface area contributed by atoms with Crippen molar-refractivity contribution in [1.82, 2.24) is 5.32 Å². The smallest absolute Gasteiger partial charge is 0.401 e. The van der Waals surface area contributed by atoms with Gasteiger partial charge < -0.3 is 20.9 Å². The molecule has 3 aromatic rings. The van der Waals surface area contributed by atoms with E-state index in [2.05, 4.69) is 5.32 Å². The van der Waals surface area contributed by atoms with Crippen LogP contribution in [-0.4, -0.2) is 23.8 Å². The molecular weight excluding hydrogens is 464 g/mol. The minimum absolute atomic E-state index is 0.00530. The standard InChI is InChI=1S/C26H26F4N2O3/c1-16(31)21-6-4-7-22(25(21)27)20-10-17(13-32-15-26(28,29)30)9-18(11-20)14-35-23-8-3-2-5-19(23)12-24(33)34/h2-11,16,32H,12-15,31H2,1H3,(H,33,34). The Morgan fingerprint density at radius 2 is 1.80 bits per heavy atom. The molecule has 3 rings (SSSR count). The number of halogens is 4. The summed E-state index contributed by atoms with van der Waals surface area (Å²) < 4.78 is 58.8. The Hall–Kier alpha value is -3.43. The molecule has 0 saturated carbocycles. The molecular formula is C26H26F4N2O3. The molecule has 0 radical (unpaired) electrons. The fourth-order valence-electron chi connectivity index (χ4n) is 3.69. The number of ether oxygens (including phenoxy) is 1. The van der Waals surface area contributed by atoms with Gasteiger partial charge in [-0.15, -0.1) is 0 Å². The van der Waals surface area contributed by atoms with Gasteiger partial charge in [0.25, 0.3) is 0 Å². The van der Waals surface area contributed by atoms with Gasteiger partial charge in [0, 0.05) is 29.3 Å². The Morgan fingerprint density at radius 1 is 1.09 bits per heavy atom. The second-order valence-electron chi connectivity index (χ2n) is 8.22. The van der Waals surface area contributed by atoms with Crippen molar-refractivity contribution in [3.63, 3.8) is 0 Å². The van der Waals surface area contributed by atoms with Gasteiger partial charge in [-0.3, -0.25) is 4.79 Å². The Balaban J connectivity index is 1.93. The van der Waals surface area contributed by atoms with E-state index in [1.165, 1.54) is 0 Å². The van der Waals surface area contributed by atoms with Crippen LogP contribution in [0.25, 0.3) is 11.1 Å². The van der Waals surface area contributed by atoms with Crippen molar-refractivity contribution in [2.45, 2.75) is 38.7 Å². The SMILES string of the molecule is CC(N)c1cccc(-c2cc(CNCC(F)(F)F)cc(COc3ccccc3CC(=O)O)c2)c1F. The maximum Gasteiger partial charge on any atom is 0.401 e. The molecule has 0 amide bonds. The third-order valence-electron chi connectivity index (χ3n) is 5.25. The van der Waals surface area contributed by atoms with Gasteiger partial charge in [-0.25, -0.2) is 4.39 Å². The highest BCUT2D eigenvalue weighted by Crippen LogP contribution is 2.30. The first-order valence-electron chi connectivity index (χ1n) is 10.9. The molecule has 0 bridgehead atoms. The summed E-state index contributed by atoms with van der Waals surface area (Å²) in [6.07, 6.45) is -4.59. The Kier molecular flexibility index (Phi) is 8.48. The molecule has 186 valence electrons. The van der Waals surface area contributed by atoms with Gasteiger partial charge >= 0.3 is 12.1 Å². The highest BCUT2D eigenvalue weighted by molar-refractivity contribution is 5.71. The zero-order chi connectivity index (χ0) is 25.6. The molecule has 35 heavy (non-hydrogen) atoms. The van der Waals surface area contributed by atoms with Gasteiger partial charge in [-0.2, -0.15) is 13.2 Å². The molecule has 1 unspecified atom stereocenters. The molecule has 0 heterocycles. The van der Waals surface area contributed by atoms with Crippen molar-refractivity contribution in [1.29, 1.82) is 0 Å². The number of nitrogens with two attached hydrogens (primary N) is 1. The third-order valence-corrected chi connectivity index (χ3v) is 5.25. The second kappa shape index (κ2) is 11.3. The van der Waals surface area contributed by atoms with Crippen LogP contribution in [0.1, 0.15) is 35.2 Å². The average molecular weight is 490 g/mol. The topological polar surface area (TPSA) is 84.6 Å².